The molecule has 0 amide bonds. The van der Waals surface area contributed by atoms with Gasteiger partial charge in [0.15, 0.2) is 0 Å². The zero-order chi connectivity index (χ0) is 22.1. The summed E-state index contributed by atoms with van der Waals surface area (Å²) in [6.07, 6.45) is 6.68. The lowest BCUT2D eigenvalue weighted by molar-refractivity contribution is 0.261. The molecule has 3 heterocycles. The molecule has 1 aliphatic rings. The van der Waals surface area contributed by atoms with Gasteiger partial charge in [-0.05, 0) is 94.2 Å². The van der Waals surface area contributed by atoms with Crippen molar-refractivity contribution in [3.8, 4) is 11.4 Å². The van der Waals surface area contributed by atoms with Crippen molar-refractivity contribution >= 4 is 16.7 Å². The quantitative estimate of drug-likeness (QED) is 0.590. The molecule has 0 spiro atoms. The molecular weight excluding hydrogens is 386 g/mol. The molecule has 31 heavy (non-hydrogen) atoms. The largest absolute Gasteiger partial charge is 0.497 e. The zero-order valence-corrected chi connectivity index (χ0v) is 19.5. The van der Waals surface area contributed by atoms with Crippen molar-refractivity contribution in [2.24, 2.45) is 5.92 Å². The lowest BCUT2D eigenvalue weighted by atomic mass is 9.92. The van der Waals surface area contributed by atoms with Crippen LogP contribution in [0.4, 0.5) is 5.69 Å². The number of hydrogen-bond donors (Lipinski definition) is 1. The molecule has 1 aromatic carbocycles. The Morgan fingerprint density at radius 2 is 1.71 bits per heavy atom. The number of anilines is 1. The highest BCUT2D eigenvalue weighted by molar-refractivity contribution is 5.95. The highest BCUT2D eigenvalue weighted by Crippen LogP contribution is 2.37. The number of aliphatic hydroxyl groups excluding tert-OH is 1. The number of nitrogens with zero attached hydrogens (tertiary/aromatic N) is 3. The third-order valence-corrected chi connectivity index (χ3v) is 6.72. The summed E-state index contributed by atoms with van der Waals surface area (Å²) < 4.78 is 7.73. The summed E-state index contributed by atoms with van der Waals surface area (Å²) in [4.78, 5) is 7.53. The lowest BCUT2D eigenvalue weighted by Crippen LogP contribution is -2.34. The summed E-state index contributed by atoms with van der Waals surface area (Å²) in [6.45, 7) is 11.0. The van der Waals surface area contributed by atoms with Crippen molar-refractivity contribution in [2.45, 2.75) is 53.4 Å². The molecule has 0 saturated carbocycles. The van der Waals surface area contributed by atoms with E-state index in [-0.39, 0.29) is 0 Å². The maximum absolute atomic E-state index is 9.14. The van der Waals surface area contributed by atoms with Crippen LogP contribution in [0, 0.1) is 33.6 Å². The fourth-order valence-electron chi connectivity index (χ4n) is 5.19. The van der Waals surface area contributed by atoms with Crippen LogP contribution in [0.5, 0.6) is 5.75 Å². The highest BCUT2D eigenvalue weighted by atomic mass is 16.5. The fraction of sp³-hybridized carbons (Fsp3) is 0.500. The predicted octanol–water partition coefficient (Wildman–Crippen LogP) is 5.26. The van der Waals surface area contributed by atoms with Crippen molar-refractivity contribution in [3.05, 3.63) is 46.8 Å². The second kappa shape index (κ2) is 8.91. The minimum atomic E-state index is 0.307. The topological polar surface area (TPSA) is 50.5 Å². The normalized spacial score (nSPS) is 15.1. The van der Waals surface area contributed by atoms with Crippen LogP contribution in [0.1, 0.15) is 48.1 Å². The molecule has 5 heteroatoms. The Balaban J connectivity index is 1.76. The van der Waals surface area contributed by atoms with E-state index in [1.165, 1.54) is 46.3 Å². The summed E-state index contributed by atoms with van der Waals surface area (Å²) in [5.74, 6) is 1.62. The third kappa shape index (κ3) is 4.16. The number of benzene rings is 1. The number of aliphatic hydroxyl groups is 1. The Morgan fingerprint density at radius 3 is 2.32 bits per heavy atom. The van der Waals surface area contributed by atoms with Crippen LogP contribution in [-0.2, 0) is 0 Å². The summed E-state index contributed by atoms with van der Waals surface area (Å²) >= 11 is 0. The molecule has 0 atom stereocenters. The Bertz CT molecular complexity index is 1050. The number of ether oxygens (including phenoxy) is 1. The van der Waals surface area contributed by atoms with Gasteiger partial charge < -0.3 is 19.3 Å². The van der Waals surface area contributed by atoms with E-state index in [0.717, 1.165) is 48.9 Å². The summed E-state index contributed by atoms with van der Waals surface area (Å²) in [5, 5.41) is 10.4. The Morgan fingerprint density at radius 1 is 1.03 bits per heavy atom. The van der Waals surface area contributed by atoms with E-state index < -0.39 is 0 Å². The molecule has 1 aliphatic heterocycles. The van der Waals surface area contributed by atoms with E-state index in [4.69, 9.17) is 14.8 Å². The number of aromatic nitrogens is 2. The molecule has 0 radical (unpaired) electrons. The van der Waals surface area contributed by atoms with E-state index in [2.05, 4.69) is 61.6 Å². The van der Waals surface area contributed by atoms with Gasteiger partial charge in [-0.25, -0.2) is 4.98 Å². The minimum absolute atomic E-state index is 0.307. The average Bonchev–Trinajstić information content (AvgIpc) is 3.07. The monoisotopic (exact) mass is 421 g/mol. The molecule has 4 rings (SSSR count). The van der Waals surface area contributed by atoms with Gasteiger partial charge in [0.2, 0.25) is 0 Å². The van der Waals surface area contributed by atoms with Crippen LogP contribution in [0.3, 0.4) is 0 Å². The van der Waals surface area contributed by atoms with E-state index in [1.807, 2.05) is 0 Å². The van der Waals surface area contributed by atoms with E-state index in [9.17, 15) is 0 Å². The van der Waals surface area contributed by atoms with E-state index in [1.54, 1.807) is 7.11 Å². The van der Waals surface area contributed by atoms with Crippen LogP contribution in [0.2, 0.25) is 0 Å². The molecule has 166 valence electrons. The lowest BCUT2D eigenvalue weighted by Gasteiger charge is -2.34. The van der Waals surface area contributed by atoms with Crippen molar-refractivity contribution < 1.29 is 9.84 Å². The zero-order valence-electron chi connectivity index (χ0n) is 19.5. The molecule has 1 saturated heterocycles. The molecule has 0 unspecified atom stereocenters. The third-order valence-electron chi connectivity index (χ3n) is 6.72. The maximum Gasteiger partial charge on any atom is 0.147 e. The predicted molar refractivity (Wildman–Crippen MR) is 128 cm³/mol. The number of methoxy groups -OCH3 is 1. The van der Waals surface area contributed by atoms with Crippen LogP contribution >= 0.6 is 0 Å². The second-order valence-corrected chi connectivity index (χ2v) is 9.07. The first-order chi connectivity index (χ1) is 14.9. The van der Waals surface area contributed by atoms with Crippen molar-refractivity contribution in [2.75, 3.05) is 31.7 Å². The van der Waals surface area contributed by atoms with Crippen LogP contribution in [-0.4, -0.2) is 41.5 Å². The number of aryl methyl sites for hydroxylation is 4. The summed E-state index contributed by atoms with van der Waals surface area (Å²) in [6, 6.07) is 6.44. The van der Waals surface area contributed by atoms with Gasteiger partial charge in [-0.2, -0.15) is 0 Å². The molecule has 0 bridgehead atoms. The van der Waals surface area contributed by atoms with E-state index >= 15 is 0 Å². The van der Waals surface area contributed by atoms with Crippen molar-refractivity contribution in [3.63, 3.8) is 0 Å². The first kappa shape index (κ1) is 21.7. The Labute approximate surface area is 185 Å². The van der Waals surface area contributed by atoms with Gasteiger partial charge >= 0.3 is 0 Å². The van der Waals surface area contributed by atoms with Gasteiger partial charge in [0.1, 0.15) is 11.4 Å². The van der Waals surface area contributed by atoms with Gasteiger partial charge in [0.05, 0.1) is 12.8 Å². The van der Waals surface area contributed by atoms with Gasteiger partial charge in [0, 0.05) is 42.7 Å². The Hall–Kier alpha value is -2.53. The van der Waals surface area contributed by atoms with Crippen molar-refractivity contribution in [1.82, 2.24) is 9.55 Å². The minimum Gasteiger partial charge on any atom is -0.497 e. The molecular formula is C26H35N3O2. The van der Waals surface area contributed by atoms with Gasteiger partial charge in [-0.3, -0.25) is 0 Å². The Kier molecular flexibility index (Phi) is 6.24. The molecule has 1 fully saturated rings. The fourth-order valence-corrected chi connectivity index (χ4v) is 5.19. The van der Waals surface area contributed by atoms with Crippen LogP contribution in [0.15, 0.2) is 24.4 Å². The first-order valence-electron chi connectivity index (χ1n) is 11.4. The van der Waals surface area contributed by atoms with E-state index in [0.29, 0.717) is 6.61 Å². The molecule has 0 aliphatic carbocycles. The average molecular weight is 422 g/mol. The molecule has 3 aromatic rings. The van der Waals surface area contributed by atoms with Gasteiger partial charge in [0.25, 0.3) is 0 Å². The van der Waals surface area contributed by atoms with Crippen LogP contribution < -0.4 is 9.64 Å². The molecule has 2 aromatic heterocycles. The van der Waals surface area contributed by atoms with Gasteiger partial charge in [-0.15, -0.1) is 0 Å². The number of rotatable bonds is 6. The molecule has 5 nitrogen and oxygen atoms in total. The SMILES string of the molecule is COc1cc(C)c(-n2cc(C)c3c(N4CCC(CCCO)CC4)cc(C)nc32)c(C)c1. The standard InChI is InChI=1S/C26H35N3O2/c1-17-13-22(31-5)14-18(2)25(17)29-16-19(3)24-23(15-20(4)27-26(24)29)28-10-8-21(9-11-28)7-6-12-30/h13-16,21,30H,6-12H2,1-5H3. The second-order valence-electron chi connectivity index (χ2n) is 9.07. The first-order valence-corrected chi connectivity index (χ1v) is 11.4. The number of piperidine rings is 1. The summed E-state index contributed by atoms with van der Waals surface area (Å²) in [7, 11) is 1.72. The number of fused-ring (bicyclic) bond motifs is 1. The van der Waals surface area contributed by atoms with Crippen LogP contribution in [0.25, 0.3) is 16.7 Å². The smallest absolute Gasteiger partial charge is 0.147 e. The van der Waals surface area contributed by atoms with Crippen molar-refractivity contribution in [1.29, 1.82) is 0 Å². The molecule has 1 N–H and O–H groups in total. The van der Waals surface area contributed by atoms with Gasteiger partial charge in [-0.1, -0.05) is 0 Å². The number of pyridine rings is 1. The summed E-state index contributed by atoms with van der Waals surface area (Å²) in [5.41, 5.74) is 8.20. The maximum atomic E-state index is 9.14. The number of hydrogen-bond acceptors (Lipinski definition) is 4. The highest BCUT2D eigenvalue weighted by Gasteiger charge is 2.23.